The number of nitrogen functional groups attached to an aromatic ring is 1. The molecule has 0 radical (unpaired) electrons. The van der Waals surface area contributed by atoms with Gasteiger partial charge >= 0.3 is 5.69 Å². The number of ether oxygens (including phenoxy) is 1. The van der Waals surface area contributed by atoms with Gasteiger partial charge in [0.05, 0.1) is 4.92 Å². The minimum Gasteiger partial charge on any atom is -0.482 e. The molecule has 0 aliphatic rings. The Labute approximate surface area is 121 Å². The first-order valence-corrected chi connectivity index (χ1v) is 6.14. The number of hydrogen-bond acceptors (Lipinski definition) is 5. The summed E-state index contributed by atoms with van der Waals surface area (Å²) in [6.07, 6.45) is 1.51. The van der Waals surface area contributed by atoms with Gasteiger partial charge < -0.3 is 10.5 Å². The zero-order valence-corrected chi connectivity index (χ0v) is 11.4. The quantitative estimate of drug-likeness (QED) is 0.378. The average molecular weight is 286 g/mol. The minimum atomic E-state index is -0.476. The third kappa shape index (κ3) is 3.53. The van der Waals surface area contributed by atoms with E-state index in [1.54, 1.807) is 31.2 Å². The number of aromatic nitrogens is 1. The Kier molecular flexibility index (Phi) is 4.13. The van der Waals surface area contributed by atoms with Gasteiger partial charge in [-0.1, -0.05) is 6.07 Å². The molecule has 0 spiro atoms. The van der Waals surface area contributed by atoms with Gasteiger partial charge in [-0.2, -0.15) is 0 Å². The van der Waals surface area contributed by atoms with E-state index < -0.39 is 4.92 Å². The van der Waals surface area contributed by atoms with Crippen LogP contribution in [0.1, 0.15) is 16.8 Å². The molecule has 3 N–H and O–H groups in total. The van der Waals surface area contributed by atoms with Crippen LogP contribution >= 0.6 is 0 Å². The van der Waals surface area contributed by atoms with Gasteiger partial charge in [0.2, 0.25) is 0 Å². The second-order valence-electron chi connectivity index (χ2n) is 4.48. The number of nitrogens with zero attached hydrogens (tertiary/aromatic N) is 2. The number of hydrogen-bond donors (Lipinski definition) is 2. The summed E-state index contributed by atoms with van der Waals surface area (Å²) < 4.78 is 5.49. The Balaban J connectivity index is 2.18. The van der Waals surface area contributed by atoms with Crippen molar-refractivity contribution in [2.75, 3.05) is 0 Å². The van der Waals surface area contributed by atoms with Crippen LogP contribution in [0.15, 0.2) is 36.5 Å². The lowest BCUT2D eigenvalue weighted by atomic mass is 10.2. The van der Waals surface area contributed by atoms with Crippen LogP contribution in [0.4, 0.5) is 5.69 Å². The number of benzene rings is 1. The van der Waals surface area contributed by atoms with Crippen LogP contribution in [0.2, 0.25) is 0 Å². The van der Waals surface area contributed by atoms with Gasteiger partial charge in [-0.05, 0) is 36.2 Å². The lowest BCUT2D eigenvalue weighted by molar-refractivity contribution is -0.386. The number of nitro groups is 1. The van der Waals surface area contributed by atoms with E-state index in [1.807, 2.05) is 0 Å². The smallest absolute Gasteiger partial charge is 0.311 e. The van der Waals surface area contributed by atoms with E-state index in [9.17, 15) is 10.1 Å². The Bertz CT molecular complexity index is 700. The fraction of sp³-hybridized carbons (Fsp3) is 0.143. The second kappa shape index (κ2) is 6.00. The topological polar surface area (TPSA) is 115 Å². The summed E-state index contributed by atoms with van der Waals surface area (Å²) in [6.45, 7) is 1.91. The highest BCUT2D eigenvalue weighted by molar-refractivity contribution is 5.93. The van der Waals surface area contributed by atoms with Crippen LogP contribution in [0.25, 0.3) is 0 Å². The Hall–Kier alpha value is -2.96. The van der Waals surface area contributed by atoms with E-state index in [-0.39, 0.29) is 23.9 Å². The number of pyridine rings is 1. The van der Waals surface area contributed by atoms with Crippen molar-refractivity contribution in [3.63, 3.8) is 0 Å². The first kappa shape index (κ1) is 14.4. The average Bonchev–Trinajstić information content (AvgIpc) is 2.46. The van der Waals surface area contributed by atoms with Crippen molar-refractivity contribution < 1.29 is 9.66 Å². The van der Waals surface area contributed by atoms with Crippen molar-refractivity contribution in [1.82, 2.24) is 4.98 Å². The number of amidine groups is 1. The lowest BCUT2D eigenvalue weighted by Crippen LogP contribution is -2.13. The number of rotatable bonds is 5. The SMILES string of the molecule is Cc1ccc(OCc2ccnc(C(=N)N)c2)c([N+](=O)[O-])c1. The number of aryl methyl sites for hydroxylation is 1. The minimum absolute atomic E-state index is 0.0733. The summed E-state index contributed by atoms with van der Waals surface area (Å²) >= 11 is 0. The molecule has 0 fully saturated rings. The maximum atomic E-state index is 11.0. The predicted octanol–water partition coefficient (Wildman–Crippen LogP) is 2.16. The Morgan fingerprint density at radius 1 is 1.43 bits per heavy atom. The molecule has 0 saturated carbocycles. The second-order valence-corrected chi connectivity index (χ2v) is 4.48. The molecule has 1 heterocycles. The molecule has 7 nitrogen and oxygen atoms in total. The lowest BCUT2D eigenvalue weighted by Gasteiger charge is -2.08. The third-order valence-corrected chi connectivity index (χ3v) is 2.81. The maximum absolute atomic E-state index is 11.0. The summed E-state index contributed by atoms with van der Waals surface area (Å²) in [5.74, 6) is 0.0601. The van der Waals surface area contributed by atoms with Crippen molar-refractivity contribution in [2.24, 2.45) is 5.73 Å². The van der Waals surface area contributed by atoms with E-state index in [4.69, 9.17) is 15.9 Å². The van der Waals surface area contributed by atoms with E-state index in [0.717, 1.165) is 11.1 Å². The van der Waals surface area contributed by atoms with Gasteiger partial charge in [0, 0.05) is 12.3 Å². The zero-order chi connectivity index (χ0) is 15.4. The molecule has 7 heteroatoms. The van der Waals surface area contributed by atoms with Crippen LogP contribution in [0.3, 0.4) is 0 Å². The molecular formula is C14H14N4O3. The molecule has 0 atom stereocenters. The molecule has 21 heavy (non-hydrogen) atoms. The van der Waals surface area contributed by atoms with E-state index >= 15 is 0 Å². The van der Waals surface area contributed by atoms with Crippen molar-refractivity contribution in [1.29, 1.82) is 5.41 Å². The largest absolute Gasteiger partial charge is 0.482 e. The fourth-order valence-electron chi connectivity index (χ4n) is 1.76. The van der Waals surface area contributed by atoms with Crippen LogP contribution in [0.5, 0.6) is 5.75 Å². The van der Waals surface area contributed by atoms with Gasteiger partial charge in [0.15, 0.2) is 5.75 Å². The molecule has 2 aromatic rings. The Morgan fingerprint density at radius 3 is 2.86 bits per heavy atom. The van der Waals surface area contributed by atoms with Crippen LogP contribution < -0.4 is 10.5 Å². The summed E-state index contributed by atoms with van der Waals surface area (Å²) in [4.78, 5) is 14.5. The molecule has 0 saturated heterocycles. The fourth-order valence-corrected chi connectivity index (χ4v) is 1.76. The first-order chi connectivity index (χ1) is 9.97. The highest BCUT2D eigenvalue weighted by Gasteiger charge is 2.15. The van der Waals surface area contributed by atoms with E-state index in [2.05, 4.69) is 4.98 Å². The molecule has 0 unspecified atom stereocenters. The summed E-state index contributed by atoms with van der Waals surface area (Å²) in [5.41, 5.74) is 7.15. The van der Waals surface area contributed by atoms with Crippen LogP contribution in [-0.4, -0.2) is 15.7 Å². The highest BCUT2D eigenvalue weighted by atomic mass is 16.6. The monoisotopic (exact) mass is 286 g/mol. The molecule has 2 rings (SSSR count). The normalized spacial score (nSPS) is 10.1. The molecule has 0 aliphatic heterocycles. The molecule has 1 aromatic carbocycles. The van der Waals surface area contributed by atoms with Gasteiger partial charge in [-0.25, -0.2) is 0 Å². The van der Waals surface area contributed by atoms with Gasteiger partial charge in [0.1, 0.15) is 18.1 Å². The molecule has 1 aromatic heterocycles. The molecular weight excluding hydrogens is 272 g/mol. The summed E-state index contributed by atoms with van der Waals surface area (Å²) in [6, 6.07) is 8.09. The zero-order valence-electron chi connectivity index (χ0n) is 11.4. The predicted molar refractivity (Wildman–Crippen MR) is 77.4 cm³/mol. The molecule has 0 bridgehead atoms. The maximum Gasteiger partial charge on any atom is 0.311 e. The number of nitrogens with one attached hydrogen (secondary N) is 1. The Morgan fingerprint density at radius 2 is 2.19 bits per heavy atom. The summed E-state index contributed by atoms with van der Waals surface area (Å²) in [7, 11) is 0. The van der Waals surface area contributed by atoms with Crippen LogP contribution in [-0.2, 0) is 6.61 Å². The van der Waals surface area contributed by atoms with Crippen LogP contribution in [0, 0.1) is 22.4 Å². The van der Waals surface area contributed by atoms with Crippen molar-refractivity contribution in [3.8, 4) is 5.75 Å². The molecule has 0 amide bonds. The van der Waals surface area contributed by atoms with E-state index in [1.165, 1.54) is 12.3 Å². The number of nitrogens with two attached hydrogens (primary N) is 1. The first-order valence-electron chi connectivity index (χ1n) is 6.14. The molecule has 0 aliphatic carbocycles. The molecule has 108 valence electrons. The van der Waals surface area contributed by atoms with Crippen molar-refractivity contribution in [3.05, 3.63) is 63.5 Å². The van der Waals surface area contributed by atoms with E-state index in [0.29, 0.717) is 5.69 Å². The van der Waals surface area contributed by atoms with Gasteiger partial charge in [-0.3, -0.25) is 20.5 Å². The van der Waals surface area contributed by atoms with Gasteiger partial charge in [-0.15, -0.1) is 0 Å². The standard InChI is InChI=1S/C14H14N4O3/c1-9-2-3-13(12(6-9)18(19)20)21-8-10-4-5-17-11(7-10)14(15)16/h2-7H,8H2,1H3,(H3,15,16). The van der Waals surface area contributed by atoms with Crippen molar-refractivity contribution >= 4 is 11.5 Å². The van der Waals surface area contributed by atoms with Gasteiger partial charge in [0.25, 0.3) is 0 Å². The summed E-state index contributed by atoms with van der Waals surface area (Å²) in [5, 5.41) is 18.3. The number of nitro benzene ring substituents is 1. The third-order valence-electron chi connectivity index (χ3n) is 2.81. The van der Waals surface area contributed by atoms with Crippen molar-refractivity contribution in [2.45, 2.75) is 13.5 Å². The highest BCUT2D eigenvalue weighted by Crippen LogP contribution is 2.28.